The van der Waals surface area contributed by atoms with Crippen LogP contribution in [0, 0.1) is 0 Å². The molecule has 4 aromatic rings. The first-order valence-corrected chi connectivity index (χ1v) is 13.6. The molecule has 0 unspecified atom stereocenters. The molecule has 0 aliphatic heterocycles. The number of aromatic nitrogens is 2. The number of benzene rings is 3. The van der Waals surface area contributed by atoms with Crippen LogP contribution in [0.4, 0.5) is 17.3 Å². The van der Waals surface area contributed by atoms with Gasteiger partial charge in [0.15, 0.2) is 21.5 Å². The number of sulfonamides is 1. The van der Waals surface area contributed by atoms with E-state index in [1.165, 1.54) is 38.5 Å². The van der Waals surface area contributed by atoms with Crippen molar-refractivity contribution in [3.05, 3.63) is 66.7 Å². The monoisotopic (exact) mass is 514 g/mol. The summed E-state index contributed by atoms with van der Waals surface area (Å²) in [4.78, 5) is 8.87. The van der Waals surface area contributed by atoms with Crippen molar-refractivity contribution in [2.45, 2.75) is 9.79 Å². The van der Waals surface area contributed by atoms with E-state index in [9.17, 15) is 16.8 Å². The normalized spacial score (nSPS) is 11.7. The molecule has 1 aromatic heterocycles. The Morgan fingerprint density at radius 2 is 1.23 bits per heavy atom. The third-order valence-electron chi connectivity index (χ3n) is 4.98. The molecular weight excluding hydrogens is 492 g/mol. The van der Waals surface area contributed by atoms with Gasteiger partial charge in [0.1, 0.15) is 11.5 Å². The van der Waals surface area contributed by atoms with Crippen LogP contribution in [-0.2, 0) is 19.9 Å². The lowest BCUT2D eigenvalue weighted by atomic mass is 10.2. The topological polar surface area (TPSA) is 137 Å². The maximum Gasteiger partial charge on any atom is 0.263 e. The molecule has 0 amide bonds. The maximum absolute atomic E-state index is 13.1. The molecule has 12 heteroatoms. The number of rotatable bonds is 8. The molecule has 4 rings (SSSR count). The van der Waals surface area contributed by atoms with Crippen molar-refractivity contribution in [1.29, 1.82) is 0 Å². The van der Waals surface area contributed by atoms with Crippen LogP contribution in [0.1, 0.15) is 0 Å². The number of nitrogens with zero attached hydrogens (tertiary/aromatic N) is 2. The molecule has 0 aliphatic carbocycles. The molecule has 182 valence electrons. The molecule has 0 spiro atoms. The zero-order valence-electron chi connectivity index (χ0n) is 19.0. The Morgan fingerprint density at radius 3 is 1.74 bits per heavy atom. The lowest BCUT2D eigenvalue weighted by molar-refractivity contribution is 0.395. The first kappa shape index (κ1) is 24.2. The third kappa shape index (κ3) is 5.44. The van der Waals surface area contributed by atoms with E-state index in [1.807, 2.05) is 0 Å². The summed E-state index contributed by atoms with van der Waals surface area (Å²) in [5.74, 6) is 1.15. The zero-order valence-corrected chi connectivity index (χ0v) is 20.6. The second kappa shape index (κ2) is 9.39. The minimum Gasteiger partial charge on any atom is -0.497 e. The fourth-order valence-electron chi connectivity index (χ4n) is 3.23. The summed E-state index contributed by atoms with van der Waals surface area (Å²) in [6.07, 6.45) is 1.05. The molecule has 0 fully saturated rings. The number of methoxy groups -OCH3 is 2. The highest BCUT2D eigenvalue weighted by atomic mass is 32.2. The molecule has 10 nitrogen and oxygen atoms in total. The summed E-state index contributed by atoms with van der Waals surface area (Å²) in [6.45, 7) is 0. The van der Waals surface area contributed by atoms with Crippen molar-refractivity contribution in [1.82, 2.24) is 9.97 Å². The Balaban J connectivity index is 1.76. The number of sulfone groups is 1. The summed E-state index contributed by atoms with van der Waals surface area (Å²) in [5, 5.41) is 3.08. The van der Waals surface area contributed by atoms with Crippen molar-refractivity contribution in [2.75, 3.05) is 30.5 Å². The minimum absolute atomic E-state index is 0.0104. The fourth-order valence-corrected chi connectivity index (χ4v) is 4.87. The highest BCUT2D eigenvalue weighted by molar-refractivity contribution is 7.92. The SMILES string of the molecule is COc1cc(Nc2nc3ccccc3nc2NS(=O)(=O)c2ccc(S(C)(=O)=O)cc2)cc(OC)c1. The molecule has 0 aliphatic rings. The summed E-state index contributed by atoms with van der Waals surface area (Å²) < 4.78 is 62.7. The van der Waals surface area contributed by atoms with Gasteiger partial charge in [-0.15, -0.1) is 0 Å². The van der Waals surface area contributed by atoms with E-state index in [1.54, 1.807) is 42.5 Å². The lowest BCUT2D eigenvalue weighted by Gasteiger charge is -2.15. The zero-order chi connectivity index (χ0) is 25.2. The van der Waals surface area contributed by atoms with Crippen molar-refractivity contribution >= 4 is 48.2 Å². The number of para-hydroxylation sites is 2. The van der Waals surface area contributed by atoms with Crippen LogP contribution in [0.5, 0.6) is 11.5 Å². The van der Waals surface area contributed by atoms with Crippen LogP contribution in [-0.4, -0.2) is 47.3 Å². The van der Waals surface area contributed by atoms with Crippen LogP contribution in [0.15, 0.2) is 76.5 Å². The Kier molecular flexibility index (Phi) is 6.50. The molecule has 35 heavy (non-hydrogen) atoms. The van der Waals surface area contributed by atoms with Crippen molar-refractivity contribution in [2.24, 2.45) is 0 Å². The Morgan fingerprint density at radius 1 is 0.714 bits per heavy atom. The smallest absolute Gasteiger partial charge is 0.263 e. The van der Waals surface area contributed by atoms with E-state index in [2.05, 4.69) is 20.0 Å². The standard InChI is InChI=1S/C23H22N4O6S2/c1-32-16-12-15(13-17(14-16)33-2)24-22-23(26-21-7-5-4-6-20(21)25-22)27-35(30,31)19-10-8-18(9-11-19)34(3,28)29/h4-14H,1-3H3,(H,24,25)(H,26,27). The van der Waals surface area contributed by atoms with Gasteiger partial charge in [0, 0.05) is 30.1 Å². The van der Waals surface area contributed by atoms with Gasteiger partial charge in [0.25, 0.3) is 10.0 Å². The van der Waals surface area contributed by atoms with E-state index >= 15 is 0 Å². The number of anilines is 3. The van der Waals surface area contributed by atoms with Crippen LogP contribution in [0.3, 0.4) is 0 Å². The van der Waals surface area contributed by atoms with Gasteiger partial charge in [-0.05, 0) is 36.4 Å². The molecule has 0 saturated heterocycles. The Labute approximate surface area is 202 Å². The third-order valence-corrected chi connectivity index (χ3v) is 7.46. The fraction of sp³-hybridized carbons (Fsp3) is 0.130. The average Bonchev–Trinajstić information content (AvgIpc) is 2.83. The van der Waals surface area contributed by atoms with Crippen molar-refractivity contribution in [3.63, 3.8) is 0 Å². The second-order valence-corrected chi connectivity index (χ2v) is 11.2. The minimum atomic E-state index is -4.12. The average molecular weight is 515 g/mol. The van der Waals surface area contributed by atoms with Gasteiger partial charge in [-0.1, -0.05) is 12.1 Å². The van der Waals surface area contributed by atoms with Gasteiger partial charge < -0.3 is 14.8 Å². The van der Waals surface area contributed by atoms with E-state index < -0.39 is 19.9 Å². The van der Waals surface area contributed by atoms with E-state index in [0.29, 0.717) is 28.2 Å². The highest BCUT2D eigenvalue weighted by Gasteiger charge is 2.20. The second-order valence-electron chi connectivity index (χ2n) is 7.48. The maximum atomic E-state index is 13.1. The Bertz CT molecular complexity index is 1580. The van der Waals surface area contributed by atoms with Crippen LogP contribution >= 0.6 is 0 Å². The van der Waals surface area contributed by atoms with Crippen LogP contribution in [0.25, 0.3) is 11.0 Å². The van der Waals surface area contributed by atoms with Gasteiger partial charge in [-0.25, -0.2) is 26.8 Å². The van der Waals surface area contributed by atoms with Crippen molar-refractivity contribution in [3.8, 4) is 11.5 Å². The van der Waals surface area contributed by atoms with E-state index in [4.69, 9.17) is 9.47 Å². The highest BCUT2D eigenvalue weighted by Crippen LogP contribution is 2.31. The van der Waals surface area contributed by atoms with E-state index in [0.717, 1.165) is 6.26 Å². The predicted octanol–water partition coefficient (Wildman–Crippen LogP) is 3.59. The molecule has 2 N–H and O–H groups in total. The number of hydrogen-bond donors (Lipinski definition) is 2. The summed E-state index contributed by atoms with van der Waals surface area (Å²) in [6, 6.07) is 17.0. The molecule has 0 atom stereocenters. The van der Waals surface area contributed by atoms with Crippen molar-refractivity contribution < 1.29 is 26.3 Å². The number of fused-ring (bicyclic) bond motifs is 1. The molecule has 0 bridgehead atoms. The largest absolute Gasteiger partial charge is 0.497 e. The van der Waals surface area contributed by atoms with Gasteiger partial charge in [0.2, 0.25) is 0 Å². The van der Waals surface area contributed by atoms with E-state index in [-0.39, 0.29) is 21.4 Å². The van der Waals surface area contributed by atoms with Gasteiger partial charge >= 0.3 is 0 Å². The van der Waals surface area contributed by atoms with Gasteiger partial charge in [-0.3, -0.25) is 4.72 Å². The first-order chi connectivity index (χ1) is 16.6. The predicted molar refractivity (Wildman–Crippen MR) is 133 cm³/mol. The molecule has 0 saturated carbocycles. The summed E-state index contributed by atoms with van der Waals surface area (Å²) in [5.41, 5.74) is 1.56. The summed E-state index contributed by atoms with van der Waals surface area (Å²) in [7, 11) is -4.56. The van der Waals surface area contributed by atoms with Crippen LogP contribution < -0.4 is 19.5 Å². The molecule has 1 heterocycles. The van der Waals surface area contributed by atoms with Gasteiger partial charge in [-0.2, -0.15) is 0 Å². The van der Waals surface area contributed by atoms with Crippen LogP contribution in [0.2, 0.25) is 0 Å². The quantitative estimate of drug-likeness (QED) is 0.361. The van der Waals surface area contributed by atoms with Gasteiger partial charge in [0.05, 0.1) is 35.0 Å². The lowest BCUT2D eigenvalue weighted by Crippen LogP contribution is -2.16. The summed E-state index contributed by atoms with van der Waals surface area (Å²) >= 11 is 0. The number of nitrogens with one attached hydrogen (secondary N) is 2. The molecule has 3 aromatic carbocycles. The molecule has 0 radical (unpaired) electrons. The first-order valence-electron chi connectivity index (χ1n) is 10.2. The number of ether oxygens (including phenoxy) is 2. The Hall–Kier alpha value is -3.90. The molecular formula is C23H22N4O6S2. The number of hydrogen-bond acceptors (Lipinski definition) is 9.